The van der Waals surface area contributed by atoms with Crippen molar-refractivity contribution in [1.29, 1.82) is 0 Å². The number of benzene rings is 2. The zero-order valence-corrected chi connectivity index (χ0v) is 19.3. The van der Waals surface area contributed by atoms with E-state index in [1.807, 2.05) is 0 Å². The molecule has 33 heavy (non-hydrogen) atoms. The first-order chi connectivity index (χ1) is 15.9. The highest BCUT2D eigenvalue weighted by atomic mass is 35.5. The molecular formula is C22H21ClFN5O3S. The molecule has 0 spiro atoms. The van der Waals surface area contributed by atoms with Crippen molar-refractivity contribution < 1.29 is 18.7 Å². The summed E-state index contributed by atoms with van der Waals surface area (Å²) in [6, 6.07) is 10.3. The Hall–Kier alpha value is -3.24. The molecule has 11 heteroatoms. The highest BCUT2D eigenvalue weighted by Gasteiger charge is 2.27. The van der Waals surface area contributed by atoms with Crippen LogP contribution < -0.4 is 15.4 Å². The number of nitrogens with one attached hydrogen (secondary N) is 2. The van der Waals surface area contributed by atoms with Gasteiger partial charge in [-0.05, 0) is 55.3 Å². The van der Waals surface area contributed by atoms with Gasteiger partial charge in [0.1, 0.15) is 16.6 Å². The number of ether oxygens (including phenoxy) is 1. The second-order valence-corrected chi connectivity index (χ2v) is 8.89. The van der Waals surface area contributed by atoms with E-state index in [9.17, 15) is 14.0 Å². The summed E-state index contributed by atoms with van der Waals surface area (Å²) in [5, 5.41) is 15.2. The molecule has 8 nitrogen and oxygen atoms in total. The van der Waals surface area contributed by atoms with E-state index < -0.39 is 5.91 Å². The Morgan fingerprint density at radius 3 is 2.55 bits per heavy atom. The molecule has 172 valence electrons. The topological polar surface area (TPSA) is 96.4 Å². The van der Waals surface area contributed by atoms with Crippen LogP contribution in [-0.2, 0) is 0 Å². The summed E-state index contributed by atoms with van der Waals surface area (Å²) in [4.78, 5) is 26.8. The number of hydrogen-bond donors (Lipinski definition) is 2. The van der Waals surface area contributed by atoms with Crippen LogP contribution >= 0.6 is 22.9 Å². The highest BCUT2D eigenvalue weighted by Crippen LogP contribution is 2.32. The van der Waals surface area contributed by atoms with Crippen LogP contribution in [0.25, 0.3) is 0 Å². The van der Waals surface area contributed by atoms with E-state index in [0.717, 1.165) is 5.01 Å². The molecule has 0 saturated carbocycles. The molecule has 0 unspecified atom stereocenters. The molecule has 2 N–H and O–H groups in total. The summed E-state index contributed by atoms with van der Waals surface area (Å²) in [6.45, 7) is 1.08. The first-order valence-corrected chi connectivity index (χ1v) is 11.4. The number of likely N-dealkylation sites (tertiary alicyclic amines) is 1. The van der Waals surface area contributed by atoms with E-state index in [1.165, 1.54) is 42.7 Å². The fourth-order valence-corrected chi connectivity index (χ4v) is 4.59. The molecule has 1 aliphatic rings. The van der Waals surface area contributed by atoms with Crippen LogP contribution in [0.4, 0.5) is 20.6 Å². The van der Waals surface area contributed by atoms with Crippen molar-refractivity contribution in [1.82, 2.24) is 15.1 Å². The van der Waals surface area contributed by atoms with Crippen LogP contribution in [0.3, 0.4) is 0 Å². The summed E-state index contributed by atoms with van der Waals surface area (Å²) in [5.74, 6) is -0.127. The lowest BCUT2D eigenvalue weighted by atomic mass is 9.98. The van der Waals surface area contributed by atoms with Crippen LogP contribution in [-0.4, -0.2) is 47.2 Å². The quantitative estimate of drug-likeness (QED) is 0.525. The maximum Gasteiger partial charge on any atom is 0.321 e. The number of urea groups is 1. The molecule has 0 atom stereocenters. The summed E-state index contributed by atoms with van der Waals surface area (Å²) >= 11 is 7.26. The third-order valence-corrected chi connectivity index (χ3v) is 6.59. The van der Waals surface area contributed by atoms with Crippen molar-refractivity contribution in [3.8, 4) is 5.75 Å². The van der Waals surface area contributed by atoms with Gasteiger partial charge in [0.2, 0.25) is 5.01 Å². The molecule has 1 saturated heterocycles. The fraction of sp³-hybridized carbons (Fsp3) is 0.273. The average molecular weight is 490 g/mol. The number of carbonyl (C=O) groups is 2. The monoisotopic (exact) mass is 489 g/mol. The van der Waals surface area contributed by atoms with Gasteiger partial charge in [0, 0.05) is 29.7 Å². The molecule has 1 aromatic heterocycles. The van der Waals surface area contributed by atoms with Crippen LogP contribution in [0.5, 0.6) is 5.75 Å². The van der Waals surface area contributed by atoms with Crippen molar-refractivity contribution in [2.75, 3.05) is 30.8 Å². The maximum atomic E-state index is 13.0. The molecule has 4 rings (SSSR count). The Labute approximate surface area is 198 Å². The summed E-state index contributed by atoms with van der Waals surface area (Å²) in [6.07, 6.45) is 1.41. The molecule has 1 fully saturated rings. The van der Waals surface area contributed by atoms with Crippen LogP contribution in [0.15, 0.2) is 42.5 Å². The normalized spacial score (nSPS) is 14.1. The third kappa shape index (κ3) is 5.58. The van der Waals surface area contributed by atoms with E-state index >= 15 is 0 Å². The first kappa shape index (κ1) is 22.9. The molecule has 0 bridgehead atoms. The van der Waals surface area contributed by atoms with Gasteiger partial charge in [0.25, 0.3) is 5.91 Å². The molecule has 2 heterocycles. The smallest absolute Gasteiger partial charge is 0.321 e. The van der Waals surface area contributed by atoms with Gasteiger partial charge in [-0.3, -0.25) is 4.79 Å². The molecule has 0 radical (unpaired) electrons. The number of anilines is 2. The number of hydrogen-bond acceptors (Lipinski definition) is 6. The van der Waals surface area contributed by atoms with Crippen molar-refractivity contribution in [2.24, 2.45) is 0 Å². The van der Waals surface area contributed by atoms with Crippen molar-refractivity contribution in [3.05, 3.63) is 63.3 Å². The SMILES string of the molecule is COc1ccc(Cl)cc1NC(=O)N1CCC(c2nnc(C(=O)Nc3ccc(F)cc3)s2)CC1. The van der Waals surface area contributed by atoms with E-state index in [1.54, 1.807) is 23.1 Å². The molecule has 2 aromatic carbocycles. The zero-order valence-electron chi connectivity index (χ0n) is 17.7. The molecule has 1 aliphatic heterocycles. The number of carbonyl (C=O) groups excluding carboxylic acids is 2. The summed E-state index contributed by atoms with van der Waals surface area (Å²) in [5.41, 5.74) is 0.992. The Morgan fingerprint density at radius 2 is 1.85 bits per heavy atom. The van der Waals surface area contributed by atoms with Gasteiger partial charge in [-0.15, -0.1) is 10.2 Å². The number of rotatable bonds is 5. The number of piperidine rings is 1. The van der Waals surface area contributed by atoms with Gasteiger partial charge in [-0.25, -0.2) is 9.18 Å². The third-order valence-electron chi connectivity index (χ3n) is 5.27. The van der Waals surface area contributed by atoms with Crippen LogP contribution in [0, 0.1) is 5.82 Å². The van der Waals surface area contributed by atoms with Gasteiger partial charge >= 0.3 is 6.03 Å². The van der Waals surface area contributed by atoms with Gasteiger partial charge in [-0.2, -0.15) is 0 Å². The minimum atomic E-state index is -0.391. The number of amides is 3. The van der Waals surface area contributed by atoms with Gasteiger partial charge in [-0.1, -0.05) is 22.9 Å². The van der Waals surface area contributed by atoms with Crippen molar-refractivity contribution >= 4 is 46.3 Å². The van der Waals surface area contributed by atoms with Crippen molar-refractivity contribution in [2.45, 2.75) is 18.8 Å². The van der Waals surface area contributed by atoms with Crippen molar-refractivity contribution in [3.63, 3.8) is 0 Å². The van der Waals surface area contributed by atoms with E-state index in [4.69, 9.17) is 16.3 Å². The molecule has 3 amide bonds. The van der Waals surface area contributed by atoms with Gasteiger partial charge < -0.3 is 20.3 Å². The van der Waals surface area contributed by atoms with Crippen LogP contribution in [0.2, 0.25) is 5.02 Å². The highest BCUT2D eigenvalue weighted by molar-refractivity contribution is 7.13. The predicted octanol–water partition coefficient (Wildman–Crippen LogP) is 5.00. The Morgan fingerprint density at radius 1 is 1.12 bits per heavy atom. The van der Waals surface area contributed by atoms with Crippen LogP contribution in [0.1, 0.15) is 33.6 Å². The van der Waals surface area contributed by atoms with E-state index in [0.29, 0.717) is 48.1 Å². The standard InChI is InChI=1S/C22H21ClFN5O3S/c1-32-18-7-2-14(23)12-17(18)26-22(31)29-10-8-13(9-11-29)20-27-28-21(33-20)19(30)25-16-5-3-15(24)4-6-16/h2-7,12-13H,8-11H2,1H3,(H,25,30)(H,26,31). The Bertz CT molecular complexity index is 1150. The lowest BCUT2D eigenvalue weighted by Crippen LogP contribution is -2.40. The fourth-order valence-electron chi connectivity index (χ4n) is 3.51. The minimum absolute atomic E-state index is 0.111. The Kier molecular flexibility index (Phi) is 7.05. The average Bonchev–Trinajstić information content (AvgIpc) is 3.31. The number of methoxy groups -OCH3 is 1. The number of aromatic nitrogens is 2. The number of nitrogens with zero attached hydrogens (tertiary/aromatic N) is 3. The zero-order chi connectivity index (χ0) is 23.4. The minimum Gasteiger partial charge on any atom is -0.495 e. The maximum absolute atomic E-state index is 13.0. The van der Waals surface area contributed by atoms with E-state index in [-0.39, 0.29) is 22.8 Å². The Balaban J connectivity index is 1.32. The van der Waals surface area contributed by atoms with Gasteiger partial charge in [0.05, 0.1) is 12.8 Å². The second kappa shape index (κ2) is 10.1. The summed E-state index contributed by atoms with van der Waals surface area (Å²) in [7, 11) is 1.53. The van der Waals surface area contributed by atoms with E-state index in [2.05, 4.69) is 20.8 Å². The lowest BCUT2D eigenvalue weighted by Gasteiger charge is -2.31. The lowest BCUT2D eigenvalue weighted by molar-refractivity contribution is 0.102. The van der Waals surface area contributed by atoms with Gasteiger partial charge in [0.15, 0.2) is 0 Å². The molecule has 0 aliphatic carbocycles. The molecule has 3 aromatic rings. The number of halogens is 2. The summed E-state index contributed by atoms with van der Waals surface area (Å²) < 4.78 is 18.3. The molecular weight excluding hydrogens is 469 g/mol. The largest absolute Gasteiger partial charge is 0.495 e. The predicted molar refractivity (Wildman–Crippen MR) is 125 cm³/mol. The second-order valence-electron chi connectivity index (χ2n) is 7.44. The first-order valence-electron chi connectivity index (χ1n) is 10.2.